The molecular weight excluding hydrogens is 290 g/mol. The maximum Gasteiger partial charge on any atom is 0.204 e. The predicted molar refractivity (Wildman–Crippen MR) is 82.8 cm³/mol. The summed E-state index contributed by atoms with van der Waals surface area (Å²) in [6.07, 6.45) is 1.69. The fraction of sp³-hybridized carbons (Fsp3) is 0.286. The van der Waals surface area contributed by atoms with Gasteiger partial charge in [0.2, 0.25) is 5.95 Å². The molecule has 1 heterocycles. The standard InChI is InChI=1S/C14H18F2N6/c1-21(2)14-19-8-10(22(14)3)7-18-13(17)20-12-6-9(15)4-5-11(12)16/h4-6,8H,7H2,1-3H3,(H3,17,18,20). The van der Waals surface area contributed by atoms with E-state index in [9.17, 15) is 8.78 Å². The lowest BCUT2D eigenvalue weighted by atomic mass is 10.3. The Hall–Kier alpha value is -2.64. The number of halogens is 2. The molecule has 0 amide bonds. The smallest absolute Gasteiger partial charge is 0.204 e. The molecule has 2 aromatic rings. The Labute approximate surface area is 127 Å². The summed E-state index contributed by atoms with van der Waals surface area (Å²) in [4.78, 5) is 10.2. The van der Waals surface area contributed by atoms with Crippen LogP contribution in [0.4, 0.5) is 20.4 Å². The summed E-state index contributed by atoms with van der Waals surface area (Å²) in [5.41, 5.74) is 6.48. The number of nitrogens with one attached hydrogen (secondary N) is 1. The van der Waals surface area contributed by atoms with Crippen molar-refractivity contribution >= 4 is 17.6 Å². The summed E-state index contributed by atoms with van der Waals surface area (Å²) in [6.45, 7) is 0.271. The highest BCUT2D eigenvalue weighted by Gasteiger charge is 2.08. The number of rotatable bonds is 4. The van der Waals surface area contributed by atoms with Crippen LogP contribution in [0.3, 0.4) is 0 Å². The van der Waals surface area contributed by atoms with Crippen LogP contribution in [0, 0.1) is 11.6 Å². The highest BCUT2D eigenvalue weighted by atomic mass is 19.1. The normalized spacial score (nSPS) is 11.6. The van der Waals surface area contributed by atoms with Crippen molar-refractivity contribution in [1.82, 2.24) is 9.55 Å². The molecule has 0 atom stereocenters. The number of nitrogens with zero attached hydrogens (tertiary/aromatic N) is 4. The third-order valence-electron chi connectivity index (χ3n) is 3.06. The van der Waals surface area contributed by atoms with Crippen LogP contribution in [-0.4, -0.2) is 29.6 Å². The molecule has 118 valence electrons. The summed E-state index contributed by atoms with van der Waals surface area (Å²) in [7, 11) is 5.64. The van der Waals surface area contributed by atoms with E-state index in [4.69, 9.17) is 5.73 Å². The van der Waals surface area contributed by atoms with E-state index in [0.717, 1.165) is 29.8 Å². The largest absolute Gasteiger partial charge is 0.370 e. The molecule has 0 unspecified atom stereocenters. The van der Waals surface area contributed by atoms with Crippen molar-refractivity contribution in [2.75, 3.05) is 24.3 Å². The number of nitrogens with two attached hydrogens (primary N) is 1. The molecule has 0 radical (unpaired) electrons. The van der Waals surface area contributed by atoms with Crippen LogP contribution in [0.25, 0.3) is 0 Å². The fourth-order valence-electron chi connectivity index (χ4n) is 1.93. The number of guanidine groups is 1. The fourth-order valence-corrected chi connectivity index (χ4v) is 1.93. The molecule has 8 heteroatoms. The van der Waals surface area contributed by atoms with Gasteiger partial charge in [0.1, 0.15) is 11.6 Å². The summed E-state index contributed by atoms with van der Waals surface area (Å²) < 4.78 is 28.4. The SMILES string of the molecule is CN(C)c1ncc(CN=C(N)Nc2cc(F)ccc2F)n1C. The molecule has 3 N–H and O–H groups in total. The maximum atomic E-state index is 13.5. The van der Waals surface area contributed by atoms with E-state index >= 15 is 0 Å². The second kappa shape index (κ2) is 6.42. The number of hydrogen-bond acceptors (Lipinski definition) is 3. The van der Waals surface area contributed by atoms with E-state index in [1.54, 1.807) is 6.20 Å². The zero-order valence-corrected chi connectivity index (χ0v) is 12.6. The first kappa shape index (κ1) is 15.7. The van der Waals surface area contributed by atoms with Crippen molar-refractivity contribution in [2.45, 2.75) is 6.54 Å². The van der Waals surface area contributed by atoms with E-state index in [1.165, 1.54) is 0 Å². The third kappa shape index (κ3) is 3.51. The summed E-state index contributed by atoms with van der Waals surface area (Å²) in [6, 6.07) is 3.08. The van der Waals surface area contributed by atoms with E-state index in [1.807, 2.05) is 30.6 Å². The number of aliphatic imine (C=N–C) groups is 1. The highest BCUT2D eigenvalue weighted by Crippen LogP contribution is 2.15. The Balaban J connectivity index is 2.08. The summed E-state index contributed by atoms with van der Waals surface area (Å²) in [5, 5.41) is 2.54. The molecule has 0 fully saturated rings. The molecule has 1 aromatic carbocycles. The zero-order valence-electron chi connectivity index (χ0n) is 12.6. The number of aromatic nitrogens is 2. The van der Waals surface area contributed by atoms with Gasteiger partial charge in [-0.1, -0.05) is 0 Å². The Morgan fingerprint density at radius 2 is 2.14 bits per heavy atom. The molecule has 0 aliphatic heterocycles. The van der Waals surface area contributed by atoms with Gasteiger partial charge in [-0.3, -0.25) is 0 Å². The summed E-state index contributed by atoms with van der Waals surface area (Å²) >= 11 is 0. The molecule has 1 aromatic heterocycles. The Kier molecular flexibility index (Phi) is 4.59. The molecule has 0 aliphatic rings. The molecule has 0 saturated heterocycles. The van der Waals surface area contributed by atoms with Crippen molar-refractivity contribution in [2.24, 2.45) is 17.8 Å². The Bertz CT molecular complexity index is 693. The quantitative estimate of drug-likeness (QED) is 0.666. The van der Waals surface area contributed by atoms with Gasteiger partial charge in [0.15, 0.2) is 5.96 Å². The van der Waals surface area contributed by atoms with Gasteiger partial charge in [0.25, 0.3) is 0 Å². The Morgan fingerprint density at radius 3 is 2.77 bits per heavy atom. The lowest BCUT2D eigenvalue weighted by molar-refractivity contribution is 0.604. The van der Waals surface area contributed by atoms with E-state index < -0.39 is 11.6 Å². The van der Waals surface area contributed by atoms with Crippen molar-refractivity contribution in [3.8, 4) is 0 Å². The minimum atomic E-state index is -0.602. The second-order valence-electron chi connectivity index (χ2n) is 4.95. The van der Waals surface area contributed by atoms with Crippen LogP contribution in [0.5, 0.6) is 0 Å². The van der Waals surface area contributed by atoms with Crippen LogP contribution in [0.15, 0.2) is 29.4 Å². The molecule has 0 bridgehead atoms. The lowest BCUT2D eigenvalue weighted by Crippen LogP contribution is -2.23. The molecule has 0 aliphatic carbocycles. The first-order valence-electron chi connectivity index (χ1n) is 6.58. The van der Waals surface area contributed by atoms with Gasteiger partial charge in [0.05, 0.1) is 24.1 Å². The van der Waals surface area contributed by atoms with E-state index in [-0.39, 0.29) is 18.2 Å². The number of anilines is 2. The van der Waals surface area contributed by atoms with Gasteiger partial charge >= 0.3 is 0 Å². The summed E-state index contributed by atoms with van der Waals surface area (Å²) in [5.74, 6) is -0.376. The van der Waals surface area contributed by atoms with E-state index in [2.05, 4.69) is 15.3 Å². The topological polar surface area (TPSA) is 71.5 Å². The predicted octanol–water partition coefficient (Wildman–Crippen LogP) is 1.69. The lowest BCUT2D eigenvalue weighted by Gasteiger charge is -2.12. The van der Waals surface area contributed by atoms with Gasteiger partial charge in [-0.05, 0) is 12.1 Å². The van der Waals surface area contributed by atoms with Gasteiger partial charge < -0.3 is 20.5 Å². The van der Waals surface area contributed by atoms with Crippen LogP contribution in [0.2, 0.25) is 0 Å². The monoisotopic (exact) mass is 308 g/mol. The van der Waals surface area contributed by atoms with Gasteiger partial charge in [-0.15, -0.1) is 0 Å². The number of hydrogen-bond donors (Lipinski definition) is 2. The van der Waals surface area contributed by atoms with Crippen molar-refractivity contribution in [3.63, 3.8) is 0 Å². The molecular formula is C14H18F2N6. The molecule has 0 spiro atoms. The Morgan fingerprint density at radius 1 is 1.41 bits per heavy atom. The minimum Gasteiger partial charge on any atom is -0.370 e. The average Bonchev–Trinajstić information content (AvgIpc) is 2.82. The van der Waals surface area contributed by atoms with Crippen LogP contribution < -0.4 is 16.0 Å². The first-order valence-corrected chi connectivity index (χ1v) is 6.58. The maximum absolute atomic E-state index is 13.5. The highest BCUT2D eigenvalue weighted by molar-refractivity contribution is 5.92. The van der Waals surface area contributed by atoms with Gasteiger partial charge in [-0.2, -0.15) is 0 Å². The van der Waals surface area contributed by atoms with Crippen molar-refractivity contribution < 1.29 is 8.78 Å². The minimum absolute atomic E-state index is 0.00268. The second-order valence-corrected chi connectivity index (χ2v) is 4.95. The molecule has 6 nitrogen and oxygen atoms in total. The van der Waals surface area contributed by atoms with Crippen LogP contribution in [-0.2, 0) is 13.6 Å². The third-order valence-corrected chi connectivity index (χ3v) is 3.06. The first-order chi connectivity index (χ1) is 10.4. The van der Waals surface area contributed by atoms with Gasteiger partial charge in [0, 0.05) is 27.2 Å². The number of benzene rings is 1. The zero-order chi connectivity index (χ0) is 16.3. The van der Waals surface area contributed by atoms with Crippen molar-refractivity contribution in [3.05, 3.63) is 41.7 Å². The van der Waals surface area contributed by atoms with Crippen molar-refractivity contribution in [1.29, 1.82) is 0 Å². The average molecular weight is 308 g/mol. The van der Waals surface area contributed by atoms with E-state index in [0.29, 0.717) is 0 Å². The molecule has 22 heavy (non-hydrogen) atoms. The van der Waals surface area contributed by atoms with Crippen LogP contribution in [0.1, 0.15) is 5.69 Å². The molecule has 0 saturated carbocycles. The number of imidazole rings is 1. The van der Waals surface area contributed by atoms with Crippen LogP contribution >= 0.6 is 0 Å². The van der Waals surface area contributed by atoms with Gasteiger partial charge in [-0.25, -0.2) is 18.8 Å². The molecule has 2 rings (SSSR count).